The molecular weight excluding hydrogens is 346 g/mol. The van der Waals surface area contributed by atoms with E-state index in [-0.39, 0.29) is 17.9 Å². The quantitative estimate of drug-likeness (QED) is 0.515. The molecule has 0 radical (unpaired) electrons. The number of aliphatic imine (C=N–C) groups is 1. The molecule has 27 heavy (non-hydrogen) atoms. The fraction of sp³-hybridized carbons (Fsp3) is 0.842. The Morgan fingerprint density at radius 2 is 1.70 bits per heavy atom. The maximum Gasteiger partial charge on any atom is 0.251 e. The number of nitrogens with zero attached hydrogens (tertiary/aromatic N) is 3. The van der Waals surface area contributed by atoms with Gasteiger partial charge in [0.1, 0.15) is 6.10 Å². The molecule has 0 aliphatic carbocycles. The van der Waals surface area contributed by atoms with Crippen LogP contribution in [0.25, 0.3) is 0 Å². The van der Waals surface area contributed by atoms with Crippen LogP contribution in [-0.2, 0) is 14.3 Å². The lowest BCUT2D eigenvalue weighted by Crippen LogP contribution is -2.55. The van der Waals surface area contributed by atoms with E-state index in [0.717, 1.165) is 38.4 Å². The molecule has 2 fully saturated rings. The van der Waals surface area contributed by atoms with Crippen LogP contribution >= 0.6 is 0 Å². The summed E-state index contributed by atoms with van der Waals surface area (Å²) < 4.78 is 5.52. The third-order valence-corrected chi connectivity index (χ3v) is 5.01. The first-order chi connectivity index (χ1) is 12.9. The summed E-state index contributed by atoms with van der Waals surface area (Å²) in [5.74, 6) is 0.933. The normalized spacial score (nSPS) is 21.3. The van der Waals surface area contributed by atoms with Gasteiger partial charge in [-0.1, -0.05) is 0 Å². The van der Waals surface area contributed by atoms with Gasteiger partial charge in [0.25, 0.3) is 5.91 Å². The molecule has 0 aromatic carbocycles. The number of hydrogen-bond acceptors (Lipinski definition) is 4. The van der Waals surface area contributed by atoms with Gasteiger partial charge in [0, 0.05) is 45.9 Å². The Morgan fingerprint density at radius 1 is 1.07 bits per heavy atom. The largest absolute Gasteiger partial charge is 0.368 e. The highest BCUT2D eigenvalue weighted by atomic mass is 16.5. The van der Waals surface area contributed by atoms with Gasteiger partial charge < -0.3 is 25.2 Å². The second kappa shape index (κ2) is 9.92. The van der Waals surface area contributed by atoms with Crippen molar-refractivity contribution >= 4 is 17.8 Å². The summed E-state index contributed by atoms with van der Waals surface area (Å²) in [6, 6.07) is 0. The molecule has 2 saturated heterocycles. The van der Waals surface area contributed by atoms with Crippen LogP contribution in [-0.4, -0.2) is 86.1 Å². The average molecular weight is 382 g/mol. The van der Waals surface area contributed by atoms with E-state index in [1.165, 1.54) is 0 Å². The van der Waals surface area contributed by atoms with Crippen LogP contribution in [0.1, 0.15) is 40.5 Å². The molecule has 2 N–H and O–H groups in total. The number of carbonyl (C=O) groups excluding carboxylic acids is 2. The summed E-state index contributed by atoms with van der Waals surface area (Å²) in [7, 11) is 0. The number of carbonyl (C=O) groups is 2. The van der Waals surface area contributed by atoms with Crippen molar-refractivity contribution in [3.05, 3.63) is 0 Å². The van der Waals surface area contributed by atoms with Crippen molar-refractivity contribution in [1.82, 2.24) is 20.4 Å². The van der Waals surface area contributed by atoms with Gasteiger partial charge in [-0.15, -0.1) is 0 Å². The highest BCUT2D eigenvalue weighted by Gasteiger charge is 2.31. The van der Waals surface area contributed by atoms with E-state index in [4.69, 9.17) is 9.73 Å². The molecule has 0 saturated carbocycles. The van der Waals surface area contributed by atoms with Crippen LogP contribution in [0.15, 0.2) is 4.99 Å². The van der Waals surface area contributed by atoms with Gasteiger partial charge in [-0.2, -0.15) is 0 Å². The van der Waals surface area contributed by atoms with Gasteiger partial charge in [0.15, 0.2) is 5.96 Å². The van der Waals surface area contributed by atoms with E-state index in [0.29, 0.717) is 32.8 Å². The molecule has 2 aliphatic heterocycles. The molecule has 1 atom stereocenters. The highest BCUT2D eigenvalue weighted by Crippen LogP contribution is 2.17. The number of hydrogen-bond donors (Lipinski definition) is 2. The molecule has 0 spiro atoms. The lowest BCUT2D eigenvalue weighted by atomic mass is 9.92. The zero-order valence-corrected chi connectivity index (χ0v) is 17.2. The maximum absolute atomic E-state index is 12.5. The van der Waals surface area contributed by atoms with Crippen LogP contribution in [0.3, 0.4) is 0 Å². The van der Waals surface area contributed by atoms with Crippen molar-refractivity contribution in [2.75, 3.05) is 52.4 Å². The number of nitrogens with one attached hydrogen (secondary N) is 2. The fourth-order valence-corrected chi connectivity index (χ4v) is 3.28. The Morgan fingerprint density at radius 3 is 2.26 bits per heavy atom. The highest BCUT2D eigenvalue weighted by molar-refractivity contribution is 5.84. The zero-order chi connectivity index (χ0) is 19.9. The van der Waals surface area contributed by atoms with E-state index >= 15 is 0 Å². The number of rotatable bonds is 6. The first-order valence-electron chi connectivity index (χ1n) is 10.1. The minimum absolute atomic E-state index is 0.0107. The van der Waals surface area contributed by atoms with Crippen LogP contribution in [0.4, 0.5) is 0 Å². The fourth-order valence-electron chi connectivity index (χ4n) is 3.28. The Labute approximate surface area is 162 Å². The topological polar surface area (TPSA) is 86.3 Å². The monoisotopic (exact) mass is 381 g/mol. The summed E-state index contributed by atoms with van der Waals surface area (Å²) in [5.41, 5.74) is -0.561. The van der Waals surface area contributed by atoms with Crippen molar-refractivity contribution in [3.63, 3.8) is 0 Å². The molecule has 2 rings (SSSR count). The Kier molecular flexibility index (Phi) is 7.89. The standard InChI is InChI=1S/C19H35N5O3/c1-5-20-17(26)19(3,4)14-22-18(21-6-2)24-11-9-23(10-12-24)16(25)15-8-7-13-27-15/h15H,5-14H2,1-4H3,(H,20,26)(H,21,22). The van der Waals surface area contributed by atoms with Crippen LogP contribution in [0.2, 0.25) is 0 Å². The first-order valence-corrected chi connectivity index (χ1v) is 10.1. The molecule has 8 heteroatoms. The molecule has 2 amide bonds. The SMILES string of the molecule is CCNC(=O)C(C)(C)CN=C(NCC)N1CCN(C(=O)C2CCCO2)CC1. The molecule has 2 heterocycles. The number of piperazine rings is 1. The molecule has 0 bridgehead atoms. The number of guanidine groups is 1. The van der Waals surface area contributed by atoms with Gasteiger partial charge >= 0.3 is 0 Å². The van der Waals surface area contributed by atoms with Crippen LogP contribution in [0.5, 0.6) is 0 Å². The van der Waals surface area contributed by atoms with Crippen molar-refractivity contribution in [3.8, 4) is 0 Å². The van der Waals surface area contributed by atoms with Gasteiger partial charge in [-0.05, 0) is 40.5 Å². The summed E-state index contributed by atoms with van der Waals surface area (Å²) >= 11 is 0. The zero-order valence-electron chi connectivity index (χ0n) is 17.2. The summed E-state index contributed by atoms with van der Waals surface area (Å²) in [4.78, 5) is 33.4. The molecular formula is C19H35N5O3. The van der Waals surface area contributed by atoms with E-state index < -0.39 is 5.41 Å². The maximum atomic E-state index is 12.5. The van der Waals surface area contributed by atoms with Gasteiger partial charge in [-0.25, -0.2) is 0 Å². The van der Waals surface area contributed by atoms with Gasteiger partial charge in [0.05, 0.1) is 12.0 Å². The predicted molar refractivity (Wildman–Crippen MR) is 106 cm³/mol. The molecule has 8 nitrogen and oxygen atoms in total. The van der Waals surface area contributed by atoms with E-state index in [1.54, 1.807) is 0 Å². The average Bonchev–Trinajstić information content (AvgIpc) is 3.19. The van der Waals surface area contributed by atoms with Gasteiger partial charge in [0.2, 0.25) is 5.91 Å². The molecule has 2 aliphatic rings. The van der Waals surface area contributed by atoms with Crippen LogP contribution in [0, 0.1) is 5.41 Å². The third-order valence-electron chi connectivity index (χ3n) is 5.01. The second-order valence-electron chi connectivity index (χ2n) is 7.73. The Balaban J connectivity index is 1.93. The Hall–Kier alpha value is -1.83. The molecule has 1 unspecified atom stereocenters. The van der Waals surface area contributed by atoms with Crippen molar-refractivity contribution in [1.29, 1.82) is 0 Å². The molecule has 0 aromatic rings. The molecule has 154 valence electrons. The van der Waals surface area contributed by atoms with E-state index in [9.17, 15) is 9.59 Å². The van der Waals surface area contributed by atoms with Crippen molar-refractivity contribution in [2.45, 2.75) is 46.6 Å². The lowest BCUT2D eigenvalue weighted by Gasteiger charge is -2.37. The van der Waals surface area contributed by atoms with Crippen molar-refractivity contribution < 1.29 is 14.3 Å². The summed E-state index contributed by atoms with van der Waals surface area (Å²) in [5, 5.41) is 6.18. The lowest BCUT2D eigenvalue weighted by molar-refractivity contribution is -0.142. The number of amides is 2. The van der Waals surface area contributed by atoms with E-state index in [2.05, 4.69) is 15.5 Å². The van der Waals surface area contributed by atoms with E-state index in [1.807, 2.05) is 32.6 Å². The minimum Gasteiger partial charge on any atom is -0.368 e. The first kappa shape index (κ1) is 21.5. The molecule has 0 aromatic heterocycles. The smallest absolute Gasteiger partial charge is 0.251 e. The minimum atomic E-state index is -0.561. The summed E-state index contributed by atoms with van der Waals surface area (Å²) in [6.45, 7) is 13.0. The third kappa shape index (κ3) is 5.82. The second-order valence-corrected chi connectivity index (χ2v) is 7.73. The summed E-state index contributed by atoms with van der Waals surface area (Å²) in [6.07, 6.45) is 1.55. The predicted octanol–water partition coefficient (Wildman–Crippen LogP) is 0.437. The Bertz CT molecular complexity index is 535. The van der Waals surface area contributed by atoms with Crippen molar-refractivity contribution in [2.24, 2.45) is 10.4 Å². The van der Waals surface area contributed by atoms with Crippen LogP contribution < -0.4 is 10.6 Å². The number of ether oxygens (including phenoxy) is 1. The van der Waals surface area contributed by atoms with Gasteiger partial charge in [-0.3, -0.25) is 14.6 Å².